The predicted molar refractivity (Wildman–Crippen MR) is 111 cm³/mol. The number of hydrogen-bond acceptors (Lipinski definition) is 5. The van der Waals surface area contributed by atoms with Crippen LogP contribution in [0.2, 0.25) is 0 Å². The lowest BCUT2D eigenvalue weighted by molar-refractivity contribution is 0.102. The minimum atomic E-state index is -0.278. The molecule has 0 saturated carbocycles. The summed E-state index contributed by atoms with van der Waals surface area (Å²) in [6.45, 7) is 2.72. The quantitative estimate of drug-likeness (QED) is 0.579. The van der Waals surface area contributed by atoms with E-state index in [2.05, 4.69) is 32.7 Å². The Bertz CT molecular complexity index is 912. The minimum Gasteiger partial charge on any atom is -0.495 e. The van der Waals surface area contributed by atoms with E-state index in [1.54, 1.807) is 7.11 Å². The fourth-order valence-corrected chi connectivity index (χ4v) is 2.79. The van der Waals surface area contributed by atoms with E-state index in [1.165, 1.54) is 18.0 Å². The van der Waals surface area contributed by atoms with Crippen molar-refractivity contribution in [1.82, 2.24) is 9.97 Å². The highest BCUT2D eigenvalue weighted by Gasteiger charge is 2.11. The number of ether oxygens (including phenoxy) is 1. The van der Waals surface area contributed by atoms with Crippen LogP contribution < -0.4 is 15.4 Å². The third kappa shape index (κ3) is 5.30. The van der Waals surface area contributed by atoms with Gasteiger partial charge in [-0.3, -0.25) is 4.79 Å². The Balaban J connectivity index is 1.52. The van der Waals surface area contributed by atoms with Gasteiger partial charge in [-0.05, 0) is 43.0 Å². The third-order valence-electron chi connectivity index (χ3n) is 4.29. The molecular weight excluding hydrogens is 352 g/mol. The minimum absolute atomic E-state index is 0.278. The second-order valence-corrected chi connectivity index (χ2v) is 6.47. The van der Waals surface area contributed by atoms with Crippen molar-refractivity contribution in [2.24, 2.45) is 0 Å². The molecule has 144 valence electrons. The SMILES string of the molecule is COc1ccc(C)cc1NC(=O)c1cnc(NCCCc2ccccc2)nc1. The highest BCUT2D eigenvalue weighted by atomic mass is 16.5. The fourth-order valence-electron chi connectivity index (χ4n) is 2.79. The van der Waals surface area contributed by atoms with Crippen molar-refractivity contribution < 1.29 is 9.53 Å². The maximum absolute atomic E-state index is 12.5. The topological polar surface area (TPSA) is 76.1 Å². The van der Waals surface area contributed by atoms with Gasteiger partial charge in [0.1, 0.15) is 5.75 Å². The Morgan fingerprint density at radius 2 is 1.82 bits per heavy atom. The highest BCUT2D eigenvalue weighted by Crippen LogP contribution is 2.25. The molecule has 0 spiro atoms. The first kappa shape index (κ1) is 19.4. The van der Waals surface area contributed by atoms with Gasteiger partial charge in [0.05, 0.1) is 18.4 Å². The first-order valence-corrected chi connectivity index (χ1v) is 9.21. The zero-order valence-electron chi connectivity index (χ0n) is 16.1. The average Bonchev–Trinajstić information content (AvgIpc) is 2.72. The third-order valence-corrected chi connectivity index (χ3v) is 4.29. The summed E-state index contributed by atoms with van der Waals surface area (Å²) in [4.78, 5) is 20.9. The van der Waals surface area contributed by atoms with Crippen molar-refractivity contribution in [2.45, 2.75) is 19.8 Å². The van der Waals surface area contributed by atoms with Crippen LogP contribution in [0.15, 0.2) is 60.9 Å². The van der Waals surface area contributed by atoms with Crippen molar-refractivity contribution in [2.75, 3.05) is 24.3 Å². The highest BCUT2D eigenvalue weighted by molar-refractivity contribution is 6.04. The molecule has 0 aliphatic heterocycles. The summed E-state index contributed by atoms with van der Waals surface area (Å²) in [6.07, 6.45) is 5.00. The van der Waals surface area contributed by atoms with E-state index in [0.717, 1.165) is 24.9 Å². The number of rotatable bonds is 8. The van der Waals surface area contributed by atoms with Gasteiger partial charge in [0.25, 0.3) is 5.91 Å². The number of hydrogen-bond donors (Lipinski definition) is 2. The van der Waals surface area contributed by atoms with Gasteiger partial charge >= 0.3 is 0 Å². The van der Waals surface area contributed by atoms with Crippen LogP contribution in [0.5, 0.6) is 5.75 Å². The van der Waals surface area contributed by atoms with Gasteiger partial charge in [0, 0.05) is 18.9 Å². The van der Waals surface area contributed by atoms with E-state index in [9.17, 15) is 4.79 Å². The predicted octanol–water partition coefficient (Wildman–Crippen LogP) is 4.09. The Morgan fingerprint density at radius 3 is 2.54 bits per heavy atom. The molecule has 1 amide bonds. The molecule has 2 N–H and O–H groups in total. The Kier molecular flexibility index (Phi) is 6.57. The van der Waals surface area contributed by atoms with Crippen LogP contribution in [0.4, 0.5) is 11.6 Å². The van der Waals surface area contributed by atoms with E-state index in [-0.39, 0.29) is 5.91 Å². The van der Waals surface area contributed by atoms with E-state index in [4.69, 9.17) is 4.74 Å². The van der Waals surface area contributed by atoms with Crippen LogP contribution in [0, 0.1) is 6.92 Å². The molecule has 0 bridgehead atoms. The van der Waals surface area contributed by atoms with Gasteiger partial charge in [-0.25, -0.2) is 9.97 Å². The summed E-state index contributed by atoms with van der Waals surface area (Å²) >= 11 is 0. The molecule has 0 unspecified atom stereocenters. The van der Waals surface area contributed by atoms with Gasteiger partial charge in [-0.2, -0.15) is 0 Å². The van der Waals surface area contributed by atoms with Crippen LogP contribution in [0.25, 0.3) is 0 Å². The van der Waals surface area contributed by atoms with Gasteiger partial charge < -0.3 is 15.4 Å². The van der Waals surface area contributed by atoms with Gasteiger partial charge in [-0.15, -0.1) is 0 Å². The summed E-state index contributed by atoms with van der Waals surface area (Å²) < 4.78 is 5.29. The van der Waals surface area contributed by atoms with Crippen LogP contribution in [0.1, 0.15) is 27.9 Å². The zero-order chi connectivity index (χ0) is 19.8. The smallest absolute Gasteiger partial charge is 0.258 e. The van der Waals surface area contributed by atoms with E-state index in [0.29, 0.717) is 22.9 Å². The van der Waals surface area contributed by atoms with Gasteiger partial charge in [-0.1, -0.05) is 36.4 Å². The van der Waals surface area contributed by atoms with E-state index < -0.39 is 0 Å². The lowest BCUT2D eigenvalue weighted by Crippen LogP contribution is -2.14. The number of amides is 1. The molecule has 0 aliphatic rings. The monoisotopic (exact) mass is 376 g/mol. The number of aromatic nitrogens is 2. The maximum Gasteiger partial charge on any atom is 0.258 e. The van der Waals surface area contributed by atoms with E-state index in [1.807, 2.05) is 43.3 Å². The average molecular weight is 376 g/mol. The maximum atomic E-state index is 12.5. The van der Waals surface area contributed by atoms with Crippen LogP contribution in [0.3, 0.4) is 0 Å². The summed E-state index contributed by atoms with van der Waals surface area (Å²) in [5, 5.41) is 6.03. The van der Waals surface area contributed by atoms with Crippen LogP contribution in [-0.2, 0) is 6.42 Å². The largest absolute Gasteiger partial charge is 0.495 e. The number of aryl methyl sites for hydroxylation is 2. The van der Waals surface area contributed by atoms with Crippen molar-refractivity contribution in [3.05, 3.63) is 77.6 Å². The van der Waals surface area contributed by atoms with Crippen LogP contribution >= 0.6 is 0 Å². The van der Waals surface area contributed by atoms with Crippen molar-refractivity contribution in [3.8, 4) is 5.75 Å². The molecule has 2 aromatic carbocycles. The molecule has 1 heterocycles. The first-order chi connectivity index (χ1) is 13.7. The molecule has 6 nitrogen and oxygen atoms in total. The molecule has 3 rings (SSSR count). The molecule has 0 radical (unpaired) electrons. The lowest BCUT2D eigenvalue weighted by Gasteiger charge is -2.11. The molecule has 28 heavy (non-hydrogen) atoms. The second kappa shape index (κ2) is 9.50. The number of carbonyl (C=O) groups excluding carboxylic acids is 1. The Morgan fingerprint density at radius 1 is 1.07 bits per heavy atom. The molecule has 0 fully saturated rings. The zero-order valence-corrected chi connectivity index (χ0v) is 16.1. The molecule has 0 atom stereocenters. The molecule has 3 aromatic rings. The first-order valence-electron chi connectivity index (χ1n) is 9.21. The number of nitrogens with one attached hydrogen (secondary N) is 2. The molecule has 0 aliphatic carbocycles. The number of nitrogens with zero attached hydrogens (tertiary/aromatic N) is 2. The molecular formula is C22H24N4O2. The van der Waals surface area contributed by atoms with Crippen LogP contribution in [-0.4, -0.2) is 29.5 Å². The lowest BCUT2D eigenvalue weighted by atomic mass is 10.1. The van der Waals surface area contributed by atoms with E-state index >= 15 is 0 Å². The van der Waals surface area contributed by atoms with Crippen molar-refractivity contribution in [1.29, 1.82) is 0 Å². The normalized spacial score (nSPS) is 10.4. The fraction of sp³-hybridized carbons (Fsp3) is 0.227. The van der Waals surface area contributed by atoms with Crippen molar-refractivity contribution in [3.63, 3.8) is 0 Å². The molecule has 6 heteroatoms. The summed E-state index contributed by atoms with van der Waals surface area (Å²) in [7, 11) is 1.57. The Hall–Kier alpha value is -3.41. The van der Waals surface area contributed by atoms with Crippen molar-refractivity contribution >= 4 is 17.5 Å². The standard InChI is InChI=1S/C22H24N4O2/c1-16-10-11-20(28-2)19(13-16)26-21(27)18-14-24-22(25-15-18)23-12-6-9-17-7-4-3-5-8-17/h3-5,7-8,10-11,13-15H,6,9,12H2,1-2H3,(H,26,27)(H,23,24,25). The summed E-state index contributed by atoms with van der Waals surface area (Å²) in [6, 6.07) is 16.0. The molecule has 0 saturated heterocycles. The number of carbonyl (C=O) groups is 1. The number of benzene rings is 2. The Labute approximate surface area is 165 Å². The molecule has 1 aromatic heterocycles. The second-order valence-electron chi connectivity index (χ2n) is 6.47. The number of anilines is 2. The van der Waals surface area contributed by atoms with Gasteiger partial charge in [0.2, 0.25) is 5.95 Å². The van der Waals surface area contributed by atoms with Gasteiger partial charge in [0.15, 0.2) is 0 Å². The summed E-state index contributed by atoms with van der Waals surface area (Å²) in [5.41, 5.74) is 3.35. The number of methoxy groups -OCH3 is 1. The summed E-state index contributed by atoms with van der Waals surface area (Å²) in [5.74, 6) is 0.842.